The van der Waals surface area contributed by atoms with Crippen LogP contribution < -0.4 is 0 Å². The van der Waals surface area contributed by atoms with E-state index in [4.69, 9.17) is 5.11 Å². The summed E-state index contributed by atoms with van der Waals surface area (Å²) in [4.78, 5) is 20.9. The van der Waals surface area contributed by atoms with Crippen LogP contribution >= 0.6 is 0 Å². The monoisotopic (exact) mass is 201 g/mol. The maximum atomic E-state index is 10.8. The first-order chi connectivity index (χ1) is 7.19. The van der Waals surface area contributed by atoms with Gasteiger partial charge in [0.15, 0.2) is 0 Å². The van der Waals surface area contributed by atoms with Crippen LogP contribution in [0.5, 0.6) is 0 Å². The molecule has 0 unspecified atom stereocenters. The lowest BCUT2D eigenvalue weighted by atomic mass is 10.0. The second-order valence-corrected chi connectivity index (χ2v) is 2.81. The largest absolute Gasteiger partial charge is 0.478 e. The minimum atomic E-state index is -1.03. The molecule has 0 amide bonds. The van der Waals surface area contributed by atoms with Crippen LogP contribution in [0.4, 0.5) is 0 Å². The van der Waals surface area contributed by atoms with Gasteiger partial charge in [-0.05, 0) is 29.3 Å². The van der Waals surface area contributed by atoms with Crippen LogP contribution in [0.15, 0.2) is 30.9 Å². The summed E-state index contributed by atoms with van der Waals surface area (Å²) in [5.74, 6) is -1.03. The minimum absolute atomic E-state index is 0.145. The van der Waals surface area contributed by atoms with Crippen molar-refractivity contribution in [3.05, 3.63) is 47.5 Å². The smallest absolute Gasteiger partial charge is 0.336 e. The summed E-state index contributed by atoms with van der Waals surface area (Å²) in [5, 5.41) is 8.87. The summed E-state index contributed by atoms with van der Waals surface area (Å²) < 4.78 is 0. The Kier molecular flexibility index (Phi) is 3.57. The van der Waals surface area contributed by atoms with E-state index >= 15 is 0 Å². The van der Waals surface area contributed by atoms with E-state index in [0.717, 1.165) is 11.6 Å². The number of carbonyl (C=O) groups is 1. The molecule has 0 bridgehead atoms. The number of hydrogen-bond acceptors (Lipinski definition) is 2. The molecule has 1 rings (SSSR count). The second kappa shape index (κ2) is 4.91. The van der Waals surface area contributed by atoms with Gasteiger partial charge in [-0.25, -0.2) is 4.79 Å². The van der Waals surface area contributed by atoms with Crippen LogP contribution in [0.1, 0.15) is 21.5 Å². The van der Waals surface area contributed by atoms with E-state index in [1.807, 2.05) is 0 Å². The molecule has 0 saturated heterocycles. The van der Waals surface area contributed by atoms with E-state index in [2.05, 4.69) is 6.58 Å². The van der Waals surface area contributed by atoms with Crippen molar-refractivity contribution in [2.24, 2.45) is 0 Å². The van der Waals surface area contributed by atoms with Crippen molar-refractivity contribution in [2.45, 2.75) is 0 Å². The topological polar surface area (TPSA) is 54.4 Å². The molecule has 15 heavy (non-hydrogen) atoms. The Bertz CT molecular complexity index is 430. The van der Waals surface area contributed by atoms with Crippen LogP contribution in [0.3, 0.4) is 0 Å². The molecule has 0 aliphatic carbocycles. The fourth-order valence-corrected chi connectivity index (χ4v) is 1.16. The molecule has 0 aliphatic heterocycles. The Labute approximate surface area is 87.4 Å². The van der Waals surface area contributed by atoms with Gasteiger partial charge in [-0.1, -0.05) is 24.8 Å². The predicted octanol–water partition coefficient (Wildman–Crippen LogP) is 2.15. The number of benzene rings is 1. The normalized spacial score (nSPS) is 10.1. The van der Waals surface area contributed by atoms with Crippen molar-refractivity contribution >= 4 is 24.4 Å². The van der Waals surface area contributed by atoms with Gasteiger partial charge < -0.3 is 5.11 Å². The van der Waals surface area contributed by atoms with Crippen molar-refractivity contribution < 1.29 is 14.7 Å². The van der Waals surface area contributed by atoms with Crippen molar-refractivity contribution in [1.29, 1.82) is 0 Å². The van der Waals surface area contributed by atoms with Gasteiger partial charge in [-0.2, -0.15) is 0 Å². The van der Waals surface area contributed by atoms with Crippen LogP contribution in [0.2, 0.25) is 0 Å². The van der Waals surface area contributed by atoms with E-state index in [1.54, 1.807) is 24.5 Å². The summed E-state index contributed by atoms with van der Waals surface area (Å²) in [7, 11) is 0. The van der Waals surface area contributed by atoms with Crippen molar-refractivity contribution in [1.82, 2.24) is 0 Å². The molecule has 1 radical (unpaired) electrons. The standard InChI is InChI=1S/C12H9O3/c1-2-9-5-6-11(12(14)15)10(8-9)4-3-7-13/h2-6,8H,1H2,(H,14,15). The molecule has 1 aromatic rings. The fraction of sp³-hybridized carbons (Fsp3) is 0. The number of hydrogen-bond donors (Lipinski definition) is 1. The van der Waals surface area contributed by atoms with Gasteiger partial charge in [-0.3, -0.25) is 4.79 Å². The Balaban J connectivity index is 3.27. The summed E-state index contributed by atoms with van der Waals surface area (Å²) in [6, 6.07) is 4.77. The molecule has 1 N–H and O–H groups in total. The number of carbonyl (C=O) groups excluding carboxylic acids is 1. The molecular formula is C12H9O3. The zero-order valence-corrected chi connectivity index (χ0v) is 7.93. The first kappa shape index (κ1) is 10.9. The minimum Gasteiger partial charge on any atom is -0.478 e. The third kappa shape index (κ3) is 2.64. The lowest BCUT2D eigenvalue weighted by Gasteiger charge is -2.02. The van der Waals surface area contributed by atoms with E-state index in [0.29, 0.717) is 5.56 Å². The van der Waals surface area contributed by atoms with E-state index in [1.165, 1.54) is 12.1 Å². The average Bonchev–Trinajstić information content (AvgIpc) is 2.25. The molecule has 0 aromatic heterocycles. The SMILES string of the molecule is C=Cc1ccc(C(=O)O)c(C=C[C]=O)c1. The van der Waals surface area contributed by atoms with Crippen LogP contribution in [-0.2, 0) is 4.79 Å². The van der Waals surface area contributed by atoms with Gasteiger partial charge in [-0.15, -0.1) is 0 Å². The van der Waals surface area contributed by atoms with E-state index in [-0.39, 0.29) is 5.56 Å². The molecule has 0 aliphatic rings. The number of allylic oxidation sites excluding steroid dienone is 1. The Morgan fingerprint density at radius 1 is 1.47 bits per heavy atom. The average molecular weight is 201 g/mol. The molecule has 0 atom stereocenters. The van der Waals surface area contributed by atoms with E-state index < -0.39 is 5.97 Å². The molecule has 0 fully saturated rings. The highest BCUT2D eigenvalue weighted by atomic mass is 16.4. The van der Waals surface area contributed by atoms with Crippen molar-refractivity contribution in [2.75, 3.05) is 0 Å². The molecule has 0 saturated carbocycles. The van der Waals surface area contributed by atoms with Gasteiger partial charge >= 0.3 is 5.97 Å². The highest BCUT2D eigenvalue weighted by molar-refractivity contribution is 5.93. The zero-order valence-electron chi connectivity index (χ0n) is 7.93. The quantitative estimate of drug-likeness (QED) is 0.759. The third-order valence-corrected chi connectivity index (χ3v) is 1.87. The first-order valence-corrected chi connectivity index (χ1v) is 4.23. The van der Waals surface area contributed by atoms with Crippen molar-refractivity contribution in [3.63, 3.8) is 0 Å². The molecule has 1 aromatic carbocycles. The van der Waals surface area contributed by atoms with Crippen LogP contribution in [-0.4, -0.2) is 17.4 Å². The van der Waals surface area contributed by atoms with Crippen molar-refractivity contribution in [3.8, 4) is 0 Å². The van der Waals surface area contributed by atoms with Gasteiger partial charge in [0.1, 0.15) is 0 Å². The Morgan fingerprint density at radius 3 is 2.73 bits per heavy atom. The summed E-state index contributed by atoms with van der Waals surface area (Å²) in [5.41, 5.74) is 1.40. The second-order valence-electron chi connectivity index (χ2n) is 2.81. The van der Waals surface area contributed by atoms with Gasteiger partial charge in [0.05, 0.1) is 5.56 Å². The fourth-order valence-electron chi connectivity index (χ4n) is 1.16. The maximum absolute atomic E-state index is 10.8. The highest BCUT2D eigenvalue weighted by Gasteiger charge is 2.07. The Hall–Kier alpha value is -2.16. The summed E-state index contributed by atoms with van der Waals surface area (Å²) in [6.45, 7) is 3.58. The third-order valence-electron chi connectivity index (χ3n) is 1.87. The maximum Gasteiger partial charge on any atom is 0.336 e. The van der Waals surface area contributed by atoms with Crippen LogP contribution in [0, 0.1) is 0 Å². The lowest BCUT2D eigenvalue weighted by molar-refractivity contribution is 0.0696. The molecule has 3 nitrogen and oxygen atoms in total. The van der Waals surface area contributed by atoms with Gasteiger partial charge in [0.2, 0.25) is 6.29 Å². The highest BCUT2D eigenvalue weighted by Crippen LogP contribution is 2.14. The first-order valence-electron chi connectivity index (χ1n) is 4.23. The molecule has 3 heteroatoms. The van der Waals surface area contributed by atoms with Crippen LogP contribution in [0.25, 0.3) is 12.2 Å². The molecule has 0 heterocycles. The van der Waals surface area contributed by atoms with Gasteiger partial charge in [0.25, 0.3) is 0 Å². The van der Waals surface area contributed by atoms with E-state index in [9.17, 15) is 9.59 Å². The number of aromatic carboxylic acids is 1. The molecule has 0 spiro atoms. The lowest BCUT2D eigenvalue weighted by Crippen LogP contribution is -1.99. The number of carboxylic acid groups (broad SMARTS) is 1. The summed E-state index contributed by atoms with van der Waals surface area (Å²) >= 11 is 0. The summed E-state index contributed by atoms with van der Waals surface area (Å²) in [6.07, 6.45) is 5.72. The molecular weight excluding hydrogens is 192 g/mol. The number of carboxylic acids is 1. The number of rotatable bonds is 4. The predicted molar refractivity (Wildman–Crippen MR) is 58.2 cm³/mol. The zero-order chi connectivity index (χ0) is 11.3. The molecule has 75 valence electrons. The Morgan fingerprint density at radius 2 is 2.20 bits per heavy atom. The van der Waals surface area contributed by atoms with Gasteiger partial charge in [0, 0.05) is 0 Å².